The molecule has 1 rings (SSSR count). The van der Waals surface area contributed by atoms with Crippen LogP contribution in [0.5, 0.6) is 0 Å². The van der Waals surface area contributed by atoms with E-state index in [1.165, 1.54) is 25.3 Å². The third kappa shape index (κ3) is 3.25. The first-order chi connectivity index (χ1) is 7.69. The van der Waals surface area contributed by atoms with Gasteiger partial charge < -0.3 is 4.74 Å². The summed E-state index contributed by atoms with van der Waals surface area (Å²) in [4.78, 5) is 11.2. The number of alkyl halides is 1. The number of hydrogen-bond donors (Lipinski definition) is 0. The van der Waals surface area contributed by atoms with Crippen molar-refractivity contribution in [2.45, 2.75) is 6.42 Å². The predicted molar refractivity (Wildman–Crippen MR) is 60.0 cm³/mol. The first-order valence-corrected chi connectivity index (χ1v) is 5.15. The molecular formula is C12H10ClFO2. The van der Waals surface area contributed by atoms with Crippen molar-refractivity contribution in [3.05, 3.63) is 35.1 Å². The second-order valence-electron chi connectivity index (χ2n) is 2.93. The molecule has 84 valence electrons. The molecule has 0 bridgehead atoms. The van der Waals surface area contributed by atoms with E-state index in [-0.39, 0.29) is 11.1 Å². The Kier molecular flexibility index (Phi) is 4.81. The molecule has 4 heteroatoms. The van der Waals surface area contributed by atoms with Gasteiger partial charge in [0, 0.05) is 12.3 Å². The molecule has 0 saturated heterocycles. The van der Waals surface area contributed by atoms with Gasteiger partial charge >= 0.3 is 5.97 Å². The second kappa shape index (κ2) is 6.14. The lowest BCUT2D eigenvalue weighted by Gasteiger charge is -2.00. The van der Waals surface area contributed by atoms with E-state index in [2.05, 4.69) is 16.6 Å². The van der Waals surface area contributed by atoms with Crippen LogP contribution in [0.25, 0.3) is 0 Å². The standard InChI is InChI=1S/C12H10ClFO2/c1-16-12(15)10-5-6-11(14)9(8-10)4-2-3-7-13/h5-6,8H,3,7H2,1H3. The minimum atomic E-state index is -0.514. The van der Waals surface area contributed by atoms with Gasteiger partial charge in [-0.2, -0.15) is 0 Å². The van der Waals surface area contributed by atoms with Crippen molar-refractivity contribution >= 4 is 17.6 Å². The average molecular weight is 241 g/mol. The van der Waals surface area contributed by atoms with E-state index in [0.717, 1.165) is 0 Å². The summed E-state index contributed by atoms with van der Waals surface area (Å²) in [6, 6.07) is 3.91. The van der Waals surface area contributed by atoms with Gasteiger partial charge in [0.15, 0.2) is 0 Å². The largest absolute Gasteiger partial charge is 0.465 e. The highest BCUT2D eigenvalue weighted by Crippen LogP contribution is 2.10. The van der Waals surface area contributed by atoms with Crippen molar-refractivity contribution in [3.63, 3.8) is 0 Å². The van der Waals surface area contributed by atoms with E-state index in [1.54, 1.807) is 0 Å². The molecule has 0 saturated carbocycles. The van der Waals surface area contributed by atoms with Crippen LogP contribution in [-0.2, 0) is 4.74 Å². The molecule has 2 nitrogen and oxygen atoms in total. The van der Waals surface area contributed by atoms with Gasteiger partial charge in [-0.3, -0.25) is 0 Å². The zero-order valence-electron chi connectivity index (χ0n) is 8.72. The van der Waals surface area contributed by atoms with Gasteiger partial charge in [0.1, 0.15) is 5.82 Å². The van der Waals surface area contributed by atoms with Crippen LogP contribution >= 0.6 is 11.6 Å². The smallest absolute Gasteiger partial charge is 0.337 e. The number of ether oxygens (including phenoxy) is 1. The fraction of sp³-hybridized carbons (Fsp3) is 0.250. The maximum absolute atomic E-state index is 13.3. The highest BCUT2D eigenvalue weighted by Gasteiger charge is 2.08. The molecule has 0 aliphatic carbocycles. The average Bonchev–Trinajstić information content (AvgIpc) is 2.31. The van der Waals surface area contributed by atoms with Crippen molar-refractivity contribution in [2.24, 2.45) is 0 Å². The van der Waals surface area contributed by atoms with Gasteiger partial charge in [-0.15, -0.1) is 11.6 Å². The van der Waals surface area contributed by atoms with E-state index in [4.69, 9.17) is 11.6 Å². The van der Waals surface area contributed by atoms with E-state index >= 15 is 0 Å². The molecule has 0 spiro atoms. The highest BCUT2D eigenvalue weighted by atomic mass is 35.5. The maximum Gasteiger partial charge on any atom is 0.337 e. The van der Waals surface area contributed by atoms with Crippen LogP contribution in [0.4, 0.5) is 4.39 Å². The summed E-state index contributed by atoms with van der Waals surface area (Å²) in [6.45, 7) is 0. The summed E-state index contributed by atoms with van der Waals surface area (Å²) >= 11 is 5.44. The minimum Gasteiger partial charge on any atom is -0.465 e. The molecule has 0 amide bonds. The maximum atomic E-state index is 13.3. The summed E-state index contributed by atoms with van der Waals surface area (Å²) < 4.78 is 17.8. The summed E-state index contributed by atoms with van der Waals surface area (Å²) in [6.07, 6.45) is 0.476. The fourth-order valence-electron chi connectivity index (χ4n) is 1.07. The monoisotopic (exact) mass is 240 g/mol. The summed E-state index contributed by atoms with van der Waals surface area (Å²) in [7, 11) is 1.27. The number of benzene rings is 1. The number of halogens is 2. The molecule has 0 heterocycles. The lowest BCUT2D eigenvalue weighted by Crippen LogP contribution is -2.02. The third-order valence-electron chi connectivity index (χ3n) is 1.83. The first-order valence-electron chi connectivity index (χ1n) is 4.61. The van der Waals surface area contributed by atoms with E-state index in [0.29, 0.717) is 12.3 Å². The van der Waals surface area contributed by atoms with Crippen molar-refractivity contribution < 1.29 is 13.9 Å². The predicted octanol–water partition coefficient (Wildman–Crippen LogP) is 2.59. The Morgan fingerprint density at radius 3 is 2.94 bits per heavy atom. The first kappa shape index (κ1) is 12.5. The van der Waals surface area contributed by atoms with Crippen molar-refractivity contribution in [1.29, 1.82) is 0 Å². The molecule has 1 aromatic carbocycles. The number of rotatable bonds is 2. The Balaban J connectivity index is 3.01. The topological polar surface area (TPSA) is 26.3 Å². The molecule has 0 aliphatic heterocycles. The lowest BCUT2D eigenvalue weighted by molar-refractivity contribution is 0.0600. The van der Waals surface area contributed by atoms with Crippen LogP contribution in [0.2, 0.25) is 0 Å². The van der Waals surface area contributed by atoms with E-state index < -0.39 is 11.8 Å². The second-order valence-corrected chi connectivity index (χ2v) is 3.30. The Morgan fingerprint density at radius 1 is 1.56 bits per heavy atom. The number of esters is 1. The molecule has 16 heavy (non-hydrogen) atoms. The van der Waals surface area contributed by atoms with Crippen LogP contribution in [0.15, 0.2) is 18.2 Å². The molecule has 0 radical (unpaired) electrons. The Labute approximate surface area is 98.4 Å². The fourth-order valence-corrected chi connectivity index (χ4v) is 1.17. The van der Waals surface area contributed by atoms with Crippen LogP contribution < -0.4 is 0 Å². The van der Waals surface area contributed by atoms with Gasteiger partial charge in [-0.1, -0.05) is 11.8 Å². The zero-order chi connectivity index (χ0) is 12.0. The van der Waals surface area contributed by atoms with Crippen LogP contribution in [-0.4, -0.2) is 19.0 Å². The number of carbonyl (C=O) groups is 1. The molecule has 1 aromatic rings. The molecule has 0 atom stereocenters. The van der Waals surface area contributed by atoms with Gasteiger partial charge in [-0.25, -0.2) is 9.18 Å². The van der Waals surface area contributed by atoms with Gasteiger partial charge in [0.05, 0.1) is 18.2 Å². The molecule has 0 aliphatic rings. The van der Waals surface area contributed by atoms with Crippen LogP contribution in [0.1, 0.15) is 22.3 Å². The Morgan fingerprint density at radius 2 is 2.31 bits per heavy atom. The van der Waals surface area contributed by atoms with Crippen molar-refractivity contribution in [1.82, 2.24) is 0 Å². The number of hydrogen-bond acceptors (Lipinski definition) is 2. The Bertz CT molecular complexity index is 446. The van der Waals surface area contributed by atoms with Crippen LogP contribution in [0.3, 0.4) is 0 Å². The van der Waals surface area contributed by atoms with E-state index in [9.17, 15) is 9.18 Å². The van der Waals surface area contributed by atoms with E-state index in [1.807, 2.05) is 0 Å². The Hall–Kier alpha value is -1.53. The summed E-state index contributed by atoms with van der Waals surface area (Å²) in [5.74, 6) is 4.74. The molecule has 0 aromatic heterocycles. The zero-order valence-corrected chi connectivity index (χ0v) is 9.47. The lowest BCUT2D eigenvalue weighted by atomic mass is 10.1. The molecule has 0 fully saturated rings. The minimum absolute atomic E-state index is 0.174. The quantitative estimate of drug-likeness (QED) is 0.451. The van der Waals surface area contributed by atoms with Gasteiger partial charge in [0.2, 0.25) is 0 Å². The third-order valence-corrected chi connectivity index (χ3v) is 2.02. The van der Waals surface area contributed by atoms with Crippen molar-refractivity contribution in [2.75, 3.05) is 13.0 Å². The summed E-state index contributed by atoms with van der Waals surface area (Å²) in [5, 5.41) is 0. The van der Waals surface area contributed by atoms with Crippen molar-refractivity contribution in [3.8, 4) is 11.8 Å². The number of methoxy groups -OCH3 is 1. The highest BCUT2D eigenvalue weighted by molar-refractivity contribution is 6.18. The normalized spacial score (nSPS) is 9.19. The molecular weight excluding hydrogens is 231 g/mol. The summed E-state index contributed by atoms with van der Waals surface area (Å²) in [5.41, 5.74) is 0.451. The van der Waals surface area contributed by atoms with Gasteiger partial charge in [0.25, 0.3) is 0 Å². The SMILES string of the molecule is COC(=O)c1ccc(F)c(C#CCCCl)c1. The van der Waals surface area contributed by atoms with Gasteiger partial charge in [-0.05, 0) is 18.2 Å². The molecule has 0 N–H and O–H groups in total. The molecule has 0 unspecified atom stereocenters. The van der Waals surface area contributed by atoms with Crippen LogP contribution in [0, 0.1) is 17.7 Å². The number of carbonyl (C=O) groups excluding carboxylic acids is 1.